The third-order valence-corrected chi connectivity index (χ3v) is 6.60. The molecule has 1 amide bonds. The van der Waals surface area contributed by atoms with E-state index in [0.717, 1.165) is 34.6 Å². The summed E-state index contributed by atoms with van der Waals surface area (Å²) in [5, 5.41) is 2.31. The Bertz CT molecular complexity index is 1070. The molecule has 0 spiro atoms. The molecule has 0 bridgehead atoms. The van der Waals surface area contributed by atoms with Crippen LogP contribution in [0.3, 0.4) is 0 Å². The summed E-state index contributed by atoms with van der Waals surface area (Å²) >= 11 is 0. The van der Waals surface area contributed by atoms with E-state index in [2.05, 4.69) is 5.32 Å². The van der Waals surface area contributed by atoms with E-state index in [-0.39, 0.29) is 38.4 Å². The molecule has 1 aliphatic rings. The molecule has 0 radical (unpaired) electrons. The van der Waals surface area contributed by atoms with Gasteiger partial charge < -0.3 is 5.32 Å². The minimum atomic E-state index is -4.67. The second-order valence-corrected chi connectivity index (χ2v) is 8.82. The number of nitrogens with zero attached hydrogens (tertiary/aromatic N) is 2. The number of piperazine rings is 1. The van der Waals surface area contributed by atoms with Crippen molar-refractivity contribution in [2.45, 2.75) is 11.1 Å². The SMILES string of the molecule is O=C(CN1CCN(S(=O)(=O)c2cccc(C(F)(F)F)c2)CC1)Nc1ccc(F)cc1F. The zero-order valence-electron chi connectivity index (χ0n) is 16.0. The Labute approximate surface area is 175 Å². The van der Waals surface area contributed by atoms with Crippen molar-refractivity contribution in [1.82, 2.24) is 9.21 Å². The molecule has 6 nitrogen and oxygen atoms in total. The van der Waals surface area contributed by atoms with Gasteiger partial charge in [0, 0.05) is 32.2 Å². The Morgan fingerprint density at radius 1 is 1.00 bits per heavy atom. The number of hydrogen-bond acceptors (Lipinski definition) is 4. The van der Waals surface area contributed by atoms with Crippen molar-refractivity contribution >= 4 is 21.6 Å². The maximum absolute atomic E-state index is 13.6. The number of halogens is 5. The minimum Gasteiger partial charge on any atom is -0.322 e. The summed E-state index contributed by atoms with van der Waals surface area (Å²) in [6, 6.07) is 6.23. The monoisotopic (exact) mass is 463 g/mol. The van der Waals surface area contributed by atoms with Crippen LogP contribution in [-0.4, -0.2) is 56.3 Å². The van der Waals surface area contributed by atoms with Gasteiger partial charge in [-0.05, 0) is 30.3 Å². The molecule has 31 heavy (non-hydrogen) atoms. The molecule has 1 heterocycles. The number of nitrogens with one attached hydrogen (secondary N) is 1. The van der Waals surface area contributed by atoms with Crippen molar-refractivity contribution in [3.05, 3.63) is 59.7 Å². The first-order valence-electron chi connectivity index (χ1n) is 9.11. The highest BCUT2D eigenvalue weighted by Gasteiger charge is 2.34. The van der Waals surface area contributed by atoms with Gasteiger partial charge in [-0.2, -0.15) is 17.5 Å². The van der Waals surface area contributed by atoms with Crippen LogP contribution in [0.15, 0.2) is 47.4 Å². The number of hydrogen-bond donors (Lipinski definition) is 1. The second kappa shape index (κ2) is 8.89. The molecule has 1 fully saturated rings. The van der Waals surface area contributed by atoms with Gasteiger partial charge in [0.25, 0.3) is 0 Å². The molecule has 1 saturated heterocycles. The molecular formula is C19H18F5N3O3S. The van der Waals surface area contributed by atoms with Crippen molar-refractivity contribution in [3.8, 4) is 0 Å². The van der Waals surface area contributed by atoms with Crippen LogP contribution in [0.2, 0.25) is 0 Å². The van der Waals surface area contributed by atoms with Gasteiger partial charge in [0.1, 0.15) is 11.6 Å². The number of rotatable bonds is 5. The molecule has 2 aromatic carbocycles. The van der Waals surface area contributed by atoms with Crippen molar-refractivity contribution in [3.63, 3.8) is 0 Å². The van der Waals surface area contributed by atoms with E-state index in [1.807, 2.05) is 0 Å². The average Bonchev–Trinajstić information content (AvgIpc) is 2.70. The zero-order valence-corrected chi connectivity index (χ0v) is 16.8. The lowest BCUT2D eigenvalue weighted by Gasteiger charge is -2.33. The maximum atomic E-state index is 13.6. The molecule has 0 atom stereocenters. The van der Waals surface area contributed by atoms with Gasteiger partial charge in [0.15, 0.2) is 0 Å². The topological polar surface area (TPSA) is 69.7 Å². The third-order valence-electron chi connectivity index (χ3n) is 4.70. The van der Waals surface area contributed by atoms with Crippen LogP contribution >= 0.6 is 0 Å². The van der Waals surface area contributed by atoms with E-state index in [9.17, 15) is 35.2 Å². The Balaban J connectivity index is 1.59. The minimum absolute atomic E-state index is 0.0310. The molecule has 1 N–H and O–H groups in total. The van der Waals surface area contributed by atoms with Crippen LogP contribution in [0, 0.1) is 11.6 Å². The predicted molar refractivity (Wildman–Crippen MR) is 102 cm³/mol. The summed E-state index contributed by atoms with van der Waals surface area (Å²) in [5.41, 5.74) is -1.24. The fourth-order valence-corrected chi connectivity index (χ4v) is 4.56. The quantitative estimate of drug-likeness (QED) is 0.693. The standard InChI is InChI=1S/C19H18F5N3O3S/c20-14-4-5-17(16(21)11-14)25-18(28)12-26-6-8-27(9-7-26)31(29,30)15-3-1-2-13(10-15)19(22,23)24/h1-5,10-11H,6-9,12H2,(H,25,28). The summed E-state index contributed by atoms with van der Waals surface area (Å²) in [4.78, 5) is 13.3. The number of alkyl halides is 3. The largest absolute Gasteiger partial charge is 0.416 e. The highest BCUT2D eigenvalue weighted by molar-refractivity contribution is 7.89. The number of anilines is 1. The number of carbonyl (C=O) groups excluding carboxylic acids is 1. The predicted octanol–water partition coefficient (Wildman–Crippen LogP) is 2.93. The summed E-state index contributed by atoms with van der Waals surface area (Å²) < 4.78 is 91.6. The molecule has 3 rings (SSSR count). The first-order valence-corrected chi connectivity index (χ1v) is 10.6. The zero-order chi connectivity index (χ0) is 22.8. The van der Waals surface area contributed by atoms with E-state index >= 15 is 0 Å². The Morgan fingerprint density at radius 2 is 1.68 bits per heavy atom. The van der Waals surface area contributed by atoms with E-state index in [1.54, 1.807) is 4.90 Å². The fraction of sp³-hybridized carbons (Fsp3) is 0.316. The summed E-state index contributed by atoms with van der Waals surface area (Å²) in [6.07, 6.45) is -4.67. The van der Waals surface area contributed by atoms with Crippen LogP contribution in [-0.2, 0) is 21.0 Å². The second-order valence-electron chi connectivity index (χ2n) is 6.88. The van der Waals surface area contributed by atoms with E-state index in [0.29, 0.717) is 12.1 Å². The molecule has 0 unspecified atom stereocenters. The number of benzene rings is 2. The summed E-state index contributed by atoms with van der Waals surface area (Å²) in [6.45, 7) is 0.0802. The smallest absolute Gasteiger partial charge is 0.322 e. The average molecular weight is 463 g/mol. The number of amides is 1. The van der Waals surface area contributed by atoms with Crippen LogP contribution in [0.1, 0.15) is 5.56 Å². The molecular weight excluding hydrogens is 445 g/mol. The summed E-state index contributed by atoms with van der Waals surface area (Å²) in [5.74, 6) is -2.28. The van der Waals surface area contributed by atoms with Crippen molar-refractivity contribution in [2.75, 3.05) is 38.0 Å². The Hall–Kier alpha value is -2.57. The van der Waals surface area contributed by atoms with Gasteiger partial charge >= 0.3 is 6.18 Å². The van der Waals surface area contributed by atoms with Crippen LogP contribution < -0.4 is 5.32 Å². The van der Waals surface area contributed by atoms with E-state index in [1.165, 1.54) is 0 Å². The number of sulfonamides is 1. The third kappa shape index (κ3) is 5.57. The molecule has 1 aliphatic heterocycles. The van der Waals surface area contributed by atoms with Crippen molar-refractivity contribution in [2.24, 2.45) is 0 Å². The van der Waals surface area contributed by atoms with Gasteiger partial charge in [-0.3, -0.25) is 9.69 Å². The van der Waals surface area contributed by atoms with Gasteiger partial charge in [0.05, 0.1) is 22.7 Å². The molecule has 0 aromatic heterocycles. The molecule has 2 aromatic rings. The molecule has 12 heteroatoms. The summed E-state index contributed by atoms with van der Waals surface area (Å²) in [7, 11) is -4.13. The molecule has 168 valence electrons. The lowest BCUT2D eigenvalue weighted by atomic mass is 10.2. The van der Waals surface area contributed by atoms with Crippen molar-refractivity contribution < 1.29 is 35.2 Å². The molecule has 0 aliphatic carbocycles. The van der Waals surface area contributed by atoms with Gasteiger partial charge in [0.2, 0.25) is 15.9 Å². The highest BCUT2D eigenvalue weighted by Crippen LogP contribution is 2.31. The fourth-order valence-electron chi connectivity index (χ4n) is 3.09. The van der Waals surface area contributed by atoms with Crippen molar-refractivity contribution in [1.29, 1.82) is 0 Å². The highest BCUT2D eigenvalue weighted by atomic mass is 32.2. The van der Waals surface area contributed by atoms with E-state index < -0.39 is 44.2 Å². The lowest BCUT2D eigenvalue weighted by Crippen LogP contribution is -2.50. The first-order chi connectivity index (χ1) is 14.5. The van der Waals surface area contributed by atoms with Gasteiger partial charge in [-0.1, -0.05) is 6.07 Å². The van der Waals surface area contributed by atoms with Crippen LogP contribution in [0.4, 0.5) is 27.6 Å². The van der Waals surface area contributed by atoms with E-state index in [4.69, 9.17) is 0 Å². The molecule has 0 saturated carbocycles. The normalized spacial score (nSPS) is 16.3. The van der Waals surface area contributed by atoms with Crippen LogP contribution in [0.5, 0.6) is 0 Å². The Kier molecular flexibility index (Phi) is 6.62. The van der Waals surface area contributed by atoms with Gasteiger partial charge in [-0.15, -0.1) is 0 Å². The Morgan fingerprint density at radius 3 is 2.29 bits per heavy atom. The van der Waals surface area contributed by atoms with Gasteiger partial charge in [-0.25, -0.2) is 17.2 Å². The number of carbonyl (C=O) groups is 1. The van der Waals surface area contributed by atoms with Crippen LogP contribution in [0.25, 0.3) is 0 Å². The maximum Gasteiger partial charge on any atom is 0.416 e. The first kappa shape index (κ1) is 23.1. The lowest BCUT2D eigenvalue weighted by molar-refractivity contribution is -0.137.